The second-order valence-corrected chi connectivity index (χ2v) is 7.77. The number of hydrogen-bond donors (Lipinski definition) is 2. The van der Waals surface area contributed by atoms with Gasteiger partial charge in [0.2, 0.25) is 0 Å². The summed E-state index contributed by atoms with van der Waals surface area (Å²) >= 11 is 0. The van der Waals surface area contributed by atoms with E-state index in [9.17, 15) is 9.59 Å². The van der Waals surface area contributed by atoms with Gasteiger partial charge in [0.1, 0.15) is 11.1 Å². The van der Waals surface area contributed by atoms with E-state index in [1.807, 2.05) is 26.0 Å². The lowest BCUT2D eigenvalue weighted by atomic mass is 10.1. The van der Waals surface area contributed by atoms with Crippen LogP contribution in [0.2, 0.25) is 0 Å². The molecular formula is C22H27N5O3. The number of hydrogen-bond acceptors (Lipinski definition) is 5. The van der Waals surface area contributed by atoms with Crippen molar-refractivity contribution in [2.24, 2.45) is 0 Å². The molecule has 30 heavy (non-hydrogen) atoms. The molecule has 0 bridgehead atoms. The number of H-pyrrole nitrogens is 1. The number of ether oxygens (including phenoxy) is 1. The first-order chi connectivity index (χ1) is 14.5. The topological polar surface area (TPSA) is 92.2 Å². The second-order valence-electron chi connectivity index (χ2n) is 7.77. The minimum absolute atomic E-state index is 0.170. The number of imidazole rings is 1. The fourth-order valence-electron chi connectivity index (χ4n) is 3.83. The maximum Gasteiger partial charge on any atom is 0.263 e. The van der Waals surface area contributed by atoms with E-state index in [1.165, 1.54) is 0 Å². The Balaban J connectivity index is 1.61. The molecular weight excluding hydrogens is 382 g/mol. The van der Waals surface area contributed by atoms with Crippen LogP contribution < -0.4 is 10.9 Å². The zero-order valence-electron chi connectivity index (χ0n) is 17.6. The number of benzene rings is 1. The summed E-state index contributed by atoms with van der Waals surface area (Å²) in [5.74, 6) is -0.406. The van der Waals surface area contributed by atoms with Gasteiger partial charge >= 0.3 is 0 Å². The standard InChI is InChI=1S/C22H27N5O3/c1-14-4-5-27(7-6-26-8-10-30-11-9-26)22(29)18(14)21(28)25-19-16(3)15(2)12-17-20(19)24-13-23-17/h4-5,12-13H,6-11H2,1-3H3,(H,23,24)(H,25,28). The van der Waals surface area contributed by atoms with Crippen molar-refractivity contribution in [3.05, 3.63) is 57.3 Å². The molecule has 0 atom stereocenters. The zero-order chi connectivity index (χ0) is 21.3. The largest absolute Gasteiger partial charge is 0.379 e. The number of nitrogens with zero attached hydrogens (tertiary/aromatic N) is 3. The van der Waals surface area contributed by atoms with Crippen molar-refractivity contribution in [3.63, 3.8) is 0 Å². The van der Waals surface area contributed by atoms with Crippen LogP contribution in [0.1, 0.15) is 27.0 Å². The molecule has 1 aromatic carbocycles. The van der Waals surface area contributed by atoms with Gasteiger partial charge in [0.05, 0.1) is 30.7 Å². The highest BCUT2D eigenvalue weighted by molar-refractivity contribution is 6.09. The minimum Gasteiger partial charge on any atom is -0.379 e. The molecule has 3 aromatic rings. The molecule has 0 saturated carbocycles. The molecule has 2 aromatic heterocycles. The Morgan fingerprint density at radius 3 is 2.73 bits per heavy atom. The van der Waals surface area contributed by atoms with Gasteiger partial charge in [-0.3, -0.25) is 14.5 Å². The monoisotopic (exact) mass is 409 g/mol. The van der Waals surface area contributed by atoms with Crippen LogP contribution in [0.4, 0.5) is 5.69 Å². The van der Waals surface area contributed by atoms with Crippen LogP contribution in [0.5, 0.6) is 0 Å². The van der Waals surface area contributed by atoms with Crippen molar-refractivity contribution >= 4 is 22.6 Å². The van der Waals surface area contributed by atoms with Crippen LogP contribution in [0, 0.1) is 20.8 Å². The predicted octanol–water partition coefficient (Wildman–Crippen LogP) is 2.23. The Bertz CT molecular complexity index is 1140. The number of aryl methyl sites for hydroxylation is 2. The SMILES string of the molecule is Cc1cc2[nH]cnc2c(NC(=O)c2c(C)ccn(CCN3CCOCC3)c2=O)c1C. The summed E-state index contributed by atoms with van der Waals surface area (Å²) in [6.45, 7) is 10.2. The average Bonchev–Trinajstić information content (AvgIpc) is 3.19. The Kier molecular flexibility index (Phi) is 5.69. The van der Waals surface area contributed by atoms with Gasteiger partial charge in [-0.15, -0.1) is 0 Å². The highest BCUT2D eigenvalue weighted by Crippen LogP contribution is 2.28. The van der Waals surface area contributed by atoms with E-state index in [2.05, 4.69) is 20.2 Å². The molecule has 4 rings (SSSR count). The third-order valence-electron chi connectivity index (χ3n) is 5.83. The number of morpholine rings is 1. The summed E-state index contributed by atoms with van der Waals surface area (Å²) in [7, 11) is 0. The highest BCUT2D eigenvalue weighted by atomic mass is 16.5. The number of aromatic nitrogens is 3. The Morgan fingerprint density at radius 2 is 1.97 bits per heavy atom. The third-order valence-corrected chi connectivity index (χ3v) is 5.83. The number of amides is 1. The molecule has 0 radical (unpaired) electrons. The highest BCUT2D eigenvalue weighted by Gasteiger charge is 2.20. The number of aromatic amines is 1. The molecule has 2 N–H and O–H groups in total. The van der Waals surface area contributed by atoms with E-state index in [1.54, 1.807) is 24.0 Å². The Labute approximate surface area is 174 Å². The Hall–Kier alpha value is -2.97. The van der Waals surface area contributed by atoms with Gasteiger partial charge in [-0.05, 0) is 49.6 Å². The maximum atomic E-state index is 13.2. The quantitative estimate of drug-likeness (QED) is 0.674. The summed E-state index contributed by atoms with van der Waals surface area (Å²) < 4.78 is 6.99. The first kappa shape index (κ1) is 20.3. The molecule has 1 amide bonds. The van der Waals surface area contributed by atoms with Crippen LogP contribution in [0.15, 0.2) is 29.5 Å². The number of anilines is 1. The number of pyridine rings is 1. The molecule has 0 spiro atoms. The van der Waals surface area contributed by atoms with Crippen LogP contribution in [-0.2, 0) is 11.3 Å². The summed E-state index contributed by atoms with van der Waals surface area (Å²) in [4.78, 5) is 35.9. The second kappa shape index (κ2) is 8.41. The molecule has 8 heteroatoms. The molecule has 0 unspecified atom stereocenters. The van der Waals surface area contributed by atoms with E-state index < -0.39 is 5.91 Å². The number of nitrogens with one attached hydrogen (secondary N) is 2. The fraction of sp³-hybridized carbons (Fsp3) is 0.409. The van der Waals surface area contributed by atoms with Gasteiger partial charge in [0, 0.05) is 32.4 Å². The first-order valence-corrected chi connectivity index (χ1v) is 10.2. The predicted molar refractivity (Wildman–Crippen MR) is 116 cm³/mol. The van der Waals surface area contributed by atoms with Crippen molar-refractivity contribution in [1.29, 1.82) is 0 Å². The number of rotatable bonds is 5. The van der Waals surface area contributed by atoms with Gasteiger partial charge in [0.25, 0.3) is 11.5 Å². The third kappa shape index (κ3) is 3.88. The summed E-state index contributed by atoms with van der Waals surface area (Å²) in [5.41, 5.74) is 4.70. The first-order valence-electron chi connectivity index (χ1n) is 10.2. The lowest BCUT2D eigenvalue weighted by Crippen LogP contribution is -2.40. The number of fused-ring (bicyclic) bond motifs is 1. The van der Waals surface area contributed by atoms with Crippen molar-refractivity contribution < 1.29 is 9.53 Å². The van der Waals surface area contributed by atoms with Gasteiger partial charge < -0.3 is 19.6 Å². The van der Waals surface area contributed by atoms with E-state index in [4.69, 9.17) is 4.74 Å². The van der Waals surface area contributed by atoms with Crippen molar-refractivity contribution in [3.8, 4) is 0 Å². The molecule has 1 saturated heterocycles. The van der Waals surface area contributed by atoms with Crippen molar-refractivity contribution in [2.75, 3.05) is 38.2 Å². The van der Waals surface area contributed by atoms with Crippen LogP contribution in [-0.4, -0.2) is 58.2 Å². The Morgan fingerprint density at radius 1 is 1.20 bits per heavy atom. The zero-order valence-corrected chi connectivity index (χ0v) is 17.6. The normalized spacial score (nSPS) is 14.9. The molecule has 3 heterocycles. The maximum absolute atomic E-state index is 13.2. The van der Waals surface area contributed by atoms with E-state index in [0.717, 1.165) is 36.3 Å². The smallest absolute Gasteiger partial charge is 0.263 e. The fourth-order valence-corrected chi connectivity index (χ4v) is 3.83. The number of carbonyl (C=O) groups is 1. The molecule has 1 aliphatic heterocycles. The summed E-state index contributed by atoms with van der Waals surface area (Å²) in [6.07, 6.45) is 3.37. The van der Waals surface area contributed by atoms with Crippen molar-refractivity contribution in [2.45, 2.75) is 27.3 Å². The molecule has 1 aliphatic rings. The van der Waals surface area contributed by atoms with E-state index in [0.29, 0.717) is 36.5 Å². The van der Waals surface area contributed by atoms with Gasteiger partial charge in [-0.1, -0.05) is 0 Å². The lowest BCUT2D eigenvalue weighted by Gasteiger charge is -2.26. The molecule has 1 fully saturated rings. The van der Waals surface area contributed by atoms with Gasteiger partial charge in [-0.2, -0.15) is 0 Å². The van der Waals surface area contributed by atoms with Crippen molar-refractivity contribution in [1.82, 2.24) is 19.4 Å². The summed E-state index contributed by atoms with van der Waals surface area (Å²) in [6, 6.07) is 3.82. The lowest BCUT2D eigenvalue weighted by molar-refractivity contribution is 0.0363. The number of carbonyl (C=O) groups excluding carboxylic acids is 1. The van der Waals surface area contributed by atoms with Crippen LogP contribution >= 0.6 is 0 Å². The van der Waals surface area contributed by atoms with E-state index in [-0.39, 0.29) is 11.1 Å². The molecule has 158 valence electrons. The average molecular weight is 409 g/mol. The van der Waals surface area contributed by atoms with Crippen LogP contribution in [0.3, 0.4) is 0 Å². The van der Waals surface area contributed by atoms with Crippen LogP contribution in [0.25, 0.3) is 11.0 Å². The summed E-state index contributed by atoms with van der Waals surface area (Å²) in [5, 5.41) is 2.95. The van der Waals surface area contributed by atoms with Gasteiger partial charge in [0.15, 0.2) is 0 Å². The van der Waals surface area contributed by atoms with E-state index >= 15 is 0 Å². The minimum atomic E-state index is -0.406. The molecule has 0 aliphatic carbocycles. The molecule has 8 nitrogen and oxygen atoms in total. The van der Waals surface area contributed by atoms with Gasteiger partial charge in [-0.25, -0.2) is 4.98 Å².